The van der Waals surface area contributed by atoms with Gasteiger partial charge in [-0.2, -0.15) is 0 Å². The lowest BCUT2D eigenvalue weighted by Gasteiger charge is -2.03. The predicted molar refractivity (Wildman–Crippen MR) is 125 cm³/mol. The van der Waals surface area contributed by atoms with Gasteiger partial charge < -0.3 is 0 Å². The molecule has 0 saturated heterocycles. The molecule has 3 rings (SSSR count). The van der Waals surface area contributed by atoms with Crippen molar-refractivity contribution in [3.63, 3.8) is 0 Å². The maximum atomic E-state index is 4.43. The third kappa shape index (κ3) is 3.99. The molecule has 0 radical (unpaired) electrons. The van der Waals surface area contributed by atoms with Gasteiger partial charge in [-0.25, -0.2) is 0 Å². The first kappa shape index (κ1) is 19.1. The minimum absolute atomic E-state index is 0.784. The van der Waals surface area contributed by atoms with E-state index in [-0.39, 0.29) is 0 Å². The monoisotopic (exact) mass is 361 g/mol. The van der Waals surface area contributed by atoms with Crippen molar-refractivity contribution >= 4 is 40.4 Å². The molecule has 0 saturated carbocycles. The third-order valence-electron chi connectivity index (χ3n) is 4.55. The quantitative estimate of drug-likeness (QED) is 0.423. The average Bonchev–Trinajstić information content (AvgIpc) is 2.73. The predicted octanol–water partition coefficient (Wildman–Crippen LogP) is 5.61. The van der Waals surface area contributed by atoms with E-state index in [1.54, 1.807) is 6.08 Å². The van der Waals surface area contributed by atoms with Crippen LogP contribution in [0.2, 0.25) is 0 Å². The molecule has 1 heteroatoms. The van der Waals surface area contributed by atoms with Gasteiger partial charge in [0, 0.05) is 11.8 Å². The summed E-state index contributed by atoms with van der Waals surface area (Å²) in [7, 11) is 0. The summed E-state index contributed by atoms with van der Waals surface area (Å²) in [5.41, 5.74) is 1.71. The molecule has 136 valence electrons. The van der Waals surface area contributed by atoms with Gasteiger partial charge in [0.1, 0.15) is 0 Å². The zero-order chi connectivity index (χ0) is 19.9. The lowest BCUT2D eigenvalue weighted by atomic mass is 10.0. The fraction of sp³-hybridized carbons (Fsp3) is 0. The third-order valence-corrected chi connectivity index (χ3v) is 4.55. The number of allylic oxidation sites excluding steroid dienone is 3. The van der Waals surface area contributed by atoms with Crippen molar-refractivity contribution in [2.45, 2.75) is 0 Å². The lowest BCUT2D eigenvalue weighted by Crippen LogP contribution is -2.05. The lowest BCUT2D eigenvalue weighted by molar-refractivity contribution is 1.55. The Kier molecular flexibility index (Phi) is 5.98. The maximum absolute atomic E-state index is 4.43. The highest BCUT2D eigenvalue weighted by molar-refractivity contribution is 6.10. The highest BCUT2D eigenvalue weighted by Gasteiger charge is 2.01. The molecule has 0 spiro atoms. The Morgan fingerprint density at radius 3 is 1.86 bits per heavy atom. The molecule has 0 aliphatic carbocycles. The number of hydrogen-bond acceptors (Lipinski definition) is 1. The normalized spacial score (nSPS) is 11.5. The van der Waals surface area contributed by atoms with E-state index in [1.807, 2.05) is 42.5 Å². The molecule has 0 aliphatic rings. The molecule has 0 unspecified atom stereocenters. The summed E-state index contributed by atoms with van der Waals surface area (Å²) < 4.78 is 0. The van der Waals surface area contributed by atoms with E-state index in [0.717, 1.165) is 43.3 Å². The summed E-state index contributed by atoms with van der Waals surface area (Å²) in [5.74, 6) is 0. The molecular formula is C27H23N. The highest BCUT2D eigenvalue weighted by atomic mass is 14.7. The van der Waals surface area contributed by atoms with Crippen LogP contribution in [0.25, 0.3) is 34.7 Å². The van der Waals surface area contributed by atoms with Crippen LogP contribution in [-0.4, -0.2) is 5.71 Å². The second kappa shape index (κ2) is 8.79. The zero-order valence-electron chi connectivity index (χ0n) is 15.9. The highest BCUT2D eigenvalue weighted by Crippen LogP contribution is 2.18. The van der Waals surface area contributed by atoms with Crippen LogP contribution >= 0.6 is 0 Å². The van der Waals surface area contributed by atoms with Gasteiger partial charge in [-0.15, -0.1) is 0 Å². The number of aliphatic imine (C=N–C) groups is 1. The van der Waals surface area contributed by atoms with Crippen molar-refractivity contribution in [3.05, 3.63) is 120 Å². The van der Waals surface area contributed by atoms with Gasteiger partial charge in [0.25, 0.3) is 0 Å². The molecule has 28 heavy (non-hydrogen) atoms. The minimum Gasteiger partial charge on any atom is -0.257 e. The van der Waals surface area contributed by atoms with E-state index in [4.69, 9.17) is 0 Å². The van der Waals surface area contributed by atoms with Crippen LogP contribution in [0.15, 0.2) is 109 Å². The summed E-state index contributed by atoms with van der Waals surface area (Å²) in [6, 6.07) is 22.7. The molecule has 0 bridgehead atoms. The van der Waals surface area contributed by atoms with Crippen molar-refractivity contribution in [1.29, 1.82) is 0 Å². The molecule has 0 fully saturated rings. The standard InChI is InChI=1S/C27H23N/c1-5-7-16-27(28-6-2)22-18-17-20(3)23-12-8-10-14-25(23)26-15-11-9-13-24(26)21(4)19-22/h5-19H,1-4H2/b16-7-,18-17?,22-19?,28-27+. The van der Waals surface area contributed by atoms with Crippen LogP contribution < -0.4 is 10.4 Å². The second-order valence-electron chi connectivity index (χ2n) is 6.37. The van der Waals surface area contributed by atoms with E-state index in [9.17, 15) is 0 Å². The molecule has 0 atom stereocenters. The molecule has 0 heterocycles. The van der Waals surface area contributed by atoms with Gasteiger partial charge in [0.15, 0.2) is 0 Å². The molecule has 3 aromatic rings. The Balaban J connectivity index is 2.56. The number of benzene rings is 2. The Hall–Kier alpha value is -3.71. The van der Waals surface area contributed by atoms with Crippen molar-refractivity contribution in [3.8, 4) is 0 Å². The van der Waals surface area contributed by atoms with Crippen LogP contribution in [-0.2, 0) is 0 Å². The summed E-state index contributed by atoms with van der Waals surface area (Å²) in [6.45, 7) is 16.1. The van der Waals surface area contributed by atoms with E-state index in [1.165, 1.54) is 6.20 Å². The molecular weight excluding hydrogens is 338 g/mol. The molecule has 3 aromatic carbocycles. The topological polar surface area (TPSA) is 12.4 Å². The first-order chi connectivity index (χ1) is 13.7. The smallest absolute Gasteiger partial charge is 0.0701 e. The van der Waals surface area contributed by atoms with Gasteiger partial charge >= 0.3 is 0 Å². The van der Waals surface area contributed by atoms with Crippen LogP contribution in [0.3, 0.4) is 0 Å². The van der Waals surface area contributed by atoms with Crippen molar-refractivity contribution < 1.29 is 0 Å². The number of fused-ring (bicyclic) bond motifs is 3. The molecule has 1 nitrogen and oxygen atoms in total. The minimum atomic E-state index is 0.784. The summed E-state index contributed by atoms with van der Waals surface area (Å²) in [5, 5.41) is 6.33. The fourth-order valence-electron chi connectivity index (χ4n) is 3.22. The number of rotatable bonds is 4. The van der Waals surface area contributed by atoms with Crippen molar-refractivity contribution in [1.82, 2.24) is 0 Å². The largest absolute Gasteiger partial charge is 0.257 e. The van der Waals surface area contributed by atoms with Crippen molar-refractivity contribution in [2.24, 2.45) is 4.99 Å². The Labute approximate surface area is 166 Å². The first-order valence-electron chi connectivity index (χ1n) is 9.10. The van der Waals surface area contributed by atoms with Crippen molar-refractivity contribution in [2.75, 3.05) is 0 Å². The van der Waals surface area contributed by atoms with Gasteiger partial charge in [-0.05, 0) is 44.1 Å². The van der Waals surface area contributed by atoms with Gasteiger partial charge in [-0.3, -0.25) is 4.99 Å². The van der Waals surface area contributed by atoms with Gasteiger partial charge in [-0.1, -0.05) is 99.1 Å². The summed E-state index contributed by atoms with van der Waals surface area (Å²) in [4.78, 5) is 4.43. The average molecular weight is 361 g/mol. The number of nitrogens with zero attached hydrogens (tertiary/aromatic N) is 1. The Bertz CT molecular complexity index is 1270. The molecule has 0 aromatic heterocycles. The first-order valence-corrected chi connectivity index (χ1v) is 9.10. The van der Waals surface area contributed by atoms with Crippen LogP contribution in [0, 0.1) is 0 Å². The molecule has 0 aliphatic heterocycles. The summed E-state index contributed by atoms with van der Waals surface area (Å²) in [6.07, 6.45) is 7.03. The van der Waals surface area contributed by atoms with E-state index in [2.05, 4.69) is 67.7 Å². The van der Waals surface area contributed by atoms with E-state index < -0.39 is 0 Å². The fourth-order valence-corrected chi connectivity index (χ4v) is 3.22. The van der Waals surface area contributed by atoms with Crippen LogP contribution in [0.1, 0.15) is 5.56 Å². The van der Waals surface area contributed by atoms with Crippen LogP contribution in [0.5, 0.6) is 0 Å². The molecule has 0 amide bonds. The zero-order valence-corrected chi connectivity index (χ0v) is 15.9. The van der Waals surface area contributed by atoms with E-state index in [0.29, 0.717) is 0 Å². The second-order valence-corrected chi connectivity index (χ2v) is 6.37. The SMILES string of the molecule is C=C/C=C\C(=N/C=C)c1ccc(=C)c2ccccc2c2ccccc2c(=C)c1. The Morgan fingerprint density at radius 2 is 1.29 bits per heavy atom. The van der Waals surface area contributed by atoms with Gasteiger partial charge in [0.05, 0.1) is 5.71 Å². The number of hydrogen-bond donors (Lipinski definition) is 0. The Morgan fingerprint density at radius 1 is 0.714 bits per heavy atom. The molecule has 0 N–H and O–H groups in total. The van der Waals surface area contributed by atoms with E-state index >= 15 is 0 Å². The summed E-state index contributed by atoms with van der Waals surface area (Å²) >= 11 is 0. The van der Waals surface area contributed by atoms with Gasteiger partial charge in [0.2, 0.25) is 0 Å². The van der Waals surface area contributed by atoms with Crippen LogP contribution in [0.4, 0.5) is 0 Å². The maximum Gasteiger partial charge on any atom is 0.0701 e.